The summed E-state index contributed by atoms with van der Waals surface area (Å²) in [4.78, 5) is 29.8. The number of sulfonamides is 1. The fraction of sp³-hybridized carbons (Fsp3) is 0.297. The molecule has 0 radical (unpaired) electrons. The monoisotopic (exact) mass is 659 g/mol. The van der Waals surface area contributed by atoms with Gasteiger partial charge in [0, 0.05) is 19.0 Å². The van der Waals surface area contributed by atoms with Crippen molar-refractivity contribution in [1.29, 1.82) is 0 Å². The molecule has 0 aliphatic heterocycles. The maximum atomic E-state index is 14.6. The second kappa shape index (κ2) is 16.2. The zero-order valence-corrected chi connectivity index (χ0v) is 28.0. The van der Waals surface area contributed by atoms with Crippen LogP contribution in [0.4, 0.5) is 10.1 Å². The minimum atomic E-state index is -4.36. The van der Waals surface area contributed by atoms with Crippen LogP contribution >= 0.6 is 0 Å². The number of anilines is 1. The Hall–Kier alpha value is -4.70. The van der Waals surface area contributed by atoms with Gasteiger partial charge in [-0.05, 0) is 92.4 Å². The van der Waals surface area contributed by atoms with Crippen LogP contribution < -0.4 is 14.4 Å². The topological polar surface area (TPSA) is 96.0 Å². The molecule has 0 saturated carbocycles. The minimum absolute atomic E-state index is 0.0741. The van der Waals surface area contributed by atoms with E-state index < -0.39 is 34.3 Å². The van der Waals surface area contributed by atoms with Crippen molar-refractivity contribution in [2.75, 3.05) is 17.5 Å². The van der Waals surface area contributed by atoms with E-state index in [0.717, 1.165) is 33.1 Å². The summed E-state index contributed by atoms with van der Waals surface area (Å²) in [5.74, 6) is -0.965. The van der Waals surface area contributed by atoms with Gasteiger partial charge in [0.2, 0.25) is 11.8 Å². The number of nitrogens with zero attached hydrogens (tertiary/aromatic N) is 2. The average Bonchev–Trinajstić information content (AvgIpc) is 3.07. The molecule has 4 aromatic carbocycles. The van der Waals surface area contributed by atoms with Crippen LogP contribution in [0, 0.1) is 12.7 Å². The van der Waals surface area contributed by atoms with E-state index in [4.69, 9.17) is 4.74 Å². The molecule has 8 nitrogen and oxygen atoms in total. The minimum Gasteiger partial charge on any atom is -0.494 e. The smallest absolute Gasteiger partial charge is 0.264 e. The predicted octanol–water partition coefficient (Wildman–Crippen LogP) is 6.28. The molecule has 2 atom stereocenters. The molecule has 0 spiro atoms. The molecular weight excluding hydrogens is 617 g/mol. The van der Waals surface area contributed by atoms with Crippen LogP contribution in [-0.2, 0) is 32.6 Å². The van der Waals surface area contributed by atoms with E-state index in [1.807, 2.05) is 82.3 Å². The quantitative estimate of drug-likeness (QED) is 0.162. The highest BCUT2D eigenvalue weighted by Gasteiger charge is 2.35. The molecular formula is C37H42FN3O5S. The van der Waals surface area contributed by atoms with E-state index in [-0.39, 0.29) is 35.5 Å². The van der Waals surface area contributed by atoms with Crippen molar-refractivity contribution in [2.45, 2.75) is 64.1 Å². The SMILES string of the molecule is CCOc1ccc(N(CC(=O)N(Cc2ccccc2C)[C@@H](Cc2ccccc2)C(=O)N[C@H](C)CC)S(=O)(=O)c2ccc(F)cc2)cc1. The fourth-order valence-electron chi connectivity index (χ4n) is 5.10. The molecule has 4 aromatic rings. The van der Waals surface area contributed by atoms with E-state index in [2.05, 4.69) is 5.32 Å². The largest absolute Gasteiger partial charge is 0.494 e. The van der Waals surface area contributed by atoms with Crippen LogP contribution in [0.5, 0.6) is 5.75 Å². The Bertz CT molecular complexity index is 1730. The lowest BCUT2D eigenvalue weighted by atomic mass is 10.0. The van der Waals surface area contributed by atoms with Gasteiger partial charge in [-0.1, -0.05) is 61.5 Å². The Morgan fingerprint density at radius 2 is 1.51 bits per heavy atom. The van der Waals surface area contributed by atoms with Crippen LogP contribution in [0.15, 0.2) is 108 Å². The maximum Gasteiger partial charge on any atom is 0.264 e. The van der Waals surface area contributed by atoms with Crippen molar-refractivity contribution >= 4 is 27.5 Å². The molecule has 0 unspecified atom stereocenters. The molecule has 2 amide bonds. The Morgan fingerprint density at radius 1 is 0.872 bits per heavy atom. The summed E-state index contributed by atoms with van der Waals surface area (Å²) in [6.45, 7) is 7.51. The zero-order valence-electron chi connectivity index (χ0n) is 27.2. The summed E-state index contributed by atoms with van der Waals surface area (Å²) >= 11 is 0. The molecule has 47 heavy (non-hydrogen) atoms. The summed E-state index contributed by atoms with van der Waals surface area (Å²) < 4.78 is 48.6. The van der Waals surface area contributed by atoms with Gasteiger partial charge in [-0.2, -0.15) is 0 Å². The number of ether oxygens (including phenoxy) is 1. The third kappa shape index (κ3) is 9.19. The highest BCUT2D eigenvalue weighted by atomic mass is 32.2. The van der Waals surface area contributed by atoms with E-state index in [0.29, 0.717) is 18.8 Å². The molecule has 1 N–H and O–H groups in total. The van der Waals surface area contributed by atoms with E-state index in [9.17, 15) is 22.4 Å². The first-order chi connectivity index (χ1) is 22.5. The number of hydrogen-bond donors (Lipinski definition) is 1. The number of aryl methyl sites for hydroxylation is 1. The summed E-state index contributed by atoms with van der Waals surface area (Å²) in [7, 11) is -4.36. The number of benzene rings is 4. The van der Waals surface area contributed by atoms with Crippen LogP contribution in [0.1, 0.15) is 43.9 Å². The van der Waals surface area contributed by atoms with Crippen molar-refractivity contribution in [3.8, 4) is 5.75 Å². The molecule has 0 aromatic heterocycles. The van der Waals surface area contributed by atoms with Gasteiger partial charge in [0.05, 0.1) is 17.2 Å². The van der Waals surface area contributed by atoms with Crippen molar-refractivity contribution in [2.24, 2.45) is 0 Å². The lowest BCUT2D eigenvalue weighted by Crippen LogP contribution is -2.54. The lowest BCUT2D eigenvalue weighted by molar-refractivity contribution is -0.140. The Kier molecular flexibility index (Phi) is 12.1. The average molecular weight is 660 g/mol. The maximum absolute atomic E-state index is 14.6. The summed E-state index contributed by atoms with van der Waals surface area (Å²) in [5, 5.41) is 3.04. The third-order valence-corrected chi connectivity index (χ3v) is 9.78. The van der Waals surface area contributed by atoms with Crippen LogP contribution in [0.2, 0.25) is 0 Å². The normalized spacial score (nSPS) is 12.5. The first-order valence-electron chi connectivity index (χ1n) is 15.7. The number of nitrogens with one attached hydrogen (secondary N) is 1. The van der Waals surface area contributed by atoms with Gasteiger partial charge in [0.15, 0.2) is 0 Å². The van der Waals surface area contributed by atoms with Gasteiger partial charge in [-0.3, -0.25) is 13.9 Å². The van der Waals surface area contributed by atoms with E-state index >= 15 is 0 Å². The van der Waals surface area contributed by atoms with Crippen molar-refractivity contribution in [3.63, 3.8) is 0 Å². The predicted molar refractivity (Wildman–Crippen MR) is 182 cm³/mol. The number of hydrogen-bond acceptors (Lipinski definition) is 5. The molecule has 0 aliphatic rings. The van der Waals surface area contributed by atoms with Crippen LogP contribution in [0.25, 0.3) is 0 Å². The second-order valence-electron chi connectivity index (χ2n) is 11.4. The van der Waals surface area contributed by atoms with Crippen LogP contribution in [-0.4, -0.2) is 50.4 Å². The van der Waals surface area contributed by atoms with Crippen molar-refractivity contribution < 1.29 is 27.1 Å². The standard InChI is InChI=1S/C37H42FN3O5S/c1-5-28(4)39-37(43)35(24-29-13-8-7-9-14-29)40(25-30-15-11-10-12-27(30)3)36(42)26-41(32-18-20-33(21-19-32)46-6-2)47(44,45)34-22-16-31(38)17-23-34/h7-23,28,35H,5-6,24-26H2,1-4H3,(H,39,43)/t28-,35+/m1/s1. The summed E-state index contributed by atoms with van der Waals surface area (Å²) in [6, 6.07) is 26.7. The first kappa shape index (κ1) is 35.2. The van der Waals surface area contributed by atoms with Gasteiger partial charge in [0.1, 0.15) is 24.2 Å². The summed E-state index contributed by atoms with van der Waals surface area (Å²) in [5.41, 5.74) is 2.81. The number of carbonyl (C=O) groups excluding carboxylic acids is 2. The molecule has 0 aliphatic carbocycles. The van der Waals surface area contributed by atoms with Crippen LogP contribution in [0.3, 0.4) is 0 Å². The second-order valence-corrected chi connectivity index (χ2v) is 13.2. The lowest BCUT2D eigenvalue weighted by Gasteiger charge is -2.34. The Morgan fingerprint density at radius 3 is 2.13 bits per heavy atom. The zero-order chi connectivity index (χ0) is 34.0. The van der Waals surface area contributed by atoms with Gasteiger partial charge in [-0.25, -0.2) is 12.8 Å². The first-order valence-corrected chi connectivity index (χ1v) is 17.2. The Balaban J connectivity index is 1.81. The van der Waals surface area contributed by atoms with E-state index in [1.165, 1.54) is 17.0 Å². The molecule has 0 saturated heterocycles. The third-order valence-electron chi connectivity index (χ3n) is 7.99. The molecule has 10 heteroatoms. The number of amides is 2. The molecule has 4 rings (SSSR count). The van der Waals surface area contributed by atoms with Gasteiger partial charge >= 0.3 is 0 Å². The number of carbonyl (C=O) groups is 2. The van der Waals surface area contributed by atoms with Gasteiger partial charge in [0.25, 0.3) is 10.0 Å². The van der Waals surface area contributed by atoms with Gasteiger partial charge in [-0.15, -0.1) is 0 Å². The highest BCUT2D eigenvalue weighted by molar-refractivity contribution is 7.92. The van der Waals surface area contributed by atoms with E-state index in [1.54, 1.807) is 24.3 Å². The number of halogens is 1. The van der Waals surface area contributed by atoms with Gasteiger partial charge < -0.3 is 15.0 Å². The molecule has 0 heterocycles. The van der Waals surface area contributed by atoms with Crippen molar-refractivity contribution in [1.82, 2.24) is 10.2 Å². The molecule has 248 valence electrons. The fourth-order valence-corrected chi connectivity index (χ4v) is 6.52. The number of rotatable bonds is 15. The molecule has 0 fully saturated rings. The van der Waals surface area contributed by atoms with Crippen molar-refractivity contribution in [3.05, 3.63) is 126 Å². The molecule has 0 bridgehead atoms. The summed E-state index contributed by atoms with van der Waals surface area (Å²) in [6.07, 6.45) is 0.908. The Labute approximate surface area is 277 Å². The highest BCUT2D eigenvalue weighted by Crippen LogP contribution is 2.27.